The molecule has 1 aromatic carbocycles. The summed E-state index contributed by atoms with van der Waals surface area (Å²) < 4.78 is 0. The van der Waals surface area contributed by atoms with Crippen molar-refractivity contribution in [2.75, 3.05) is 0 Å². The second-order valence-corrected chi connectivity index (χ2v) is 6.12. The fraction of sp³-hybridized carbons (Fsp3) is 0.100. The second kappa shape index (κ2) is 5.94. The van der Waals surface area contributed by atoms with Gasteiger partial charge in [-0.1, -0.05) is 25.1 Å². The highest BCUT2D eigenvalue weighted by atomic mass is 16.3. The van der Waals surface area contributed by atoms with Crippen molar-refractivity contribution in [3.05, 3.63) is 71.5 Å². The Labute approximate surface area is 144 Å². The van der Waals surface area contributed by atoms with Crippen LogP contribution >= 0.6 is 0 Å². The number of nitrogens with one attached hydrogen (secondary N) is 2. The van der Waals surface area contributed by atoms with Gasteiger partial charge in [0, 0.05) is 34.2 Å². The highest BCUT2D eigenvalue weighted by Gasteiger charge is 2.26. The van der Waals surface area contributed by atoms with Gasteiger partial charge in [-0.15, -0.1) is 5.75 Å². The first-order valence-corrected chi connectivity index (χ1v) is 8.04. The highest BCUT2D eigenvalue weighted by molar-refractivity contribution is 6.09. The van der Waals surface area contributed by atoms with Gasteiger partial charge < -0.3 is 15.1 Å². The third-order valence-electron chi connectivity index (χ3n) is 4.47. The number of imidazole rings is 1. The number of carbonyl (C=O) groups is 1. The Bertz CT molecular complexity index is 1040. The van der Waals surface area contributed by atoms with Crippen LogP contribution in [0.25, 0.3) is 23.1 Å². The molecule has 25 heavy (non-hydrogen) atoms. The monoisotopic (exact) mass is 330 g/mol. The molecule has 5 nitrogen and oxygen atoms in total. The molecule has 4 rings (SSSR count). The average Bonchev–Trinajstić information content (AvgIpc) is 3.31. The fourth-order valence-electron chi connectivity index (χ4n) is 3.03. The highest BCUT2D eigenvalue weighted by Crippen LogP contribution is 2.31. The summed E-state index contributed by atoms with van der Waals surface area (Å²) in [6.45, 7) is 1.90. The second-order valence-electron chi connectivity index (χ2n) is 6.12. The van der Waals surface area contributed by atoms with Gasteiger partial charge in [-0.2, -0.15) is 0 Å². The van der Waals surface area contributed by atoms with Gasteiger partial charge in [0.05, 0.1) is 18.2 Å². The molecule has 1 unspecified atom stereocenters. The number of fused-ring (bicyclic) bond motifs is 1. The van der Waals surface area contributed by atoms with Crippen LogP contribution in [0.2, 0.25) is 0 Å². The van der Waals surface area contributed by atoms with Crippen molar-refractivity contribution in [3.63, 3.8) is 0 Å². The Morgan fingerprint density at radius 2 is 2.12 bits per heavy atom. The van der Waals surface area contributed by atoms with E-state index in [1.54, 1.807) is 24.7 Å². The van der Waals surface area contributed by atoms with Gasteiger partial charge in [0.15, 0.2) is 5.78 Å². The molecular weight excluding hydrogens is 314 g/mol. The Hall–Kier alpha value is -3.34. The van der Waals surface area contributed by atoms with Gasteiger partial charge in [0.2, 0.25) is 0 Å². The third kappa shape index (κ3) is 2.80. The molecule has 0 saturated heterocycles. The maximum absolute atomic E-state index is 12.6. The summed E-state index contributed by atoms with van der Waals surface area (Å²) in [6.07, 6.45) is 12.7. The predicted octanol–water partition coefficient (Wildman–Crippen LogP) is 3.21. The Balaban J connectivity index is 1.70. The molecule has 0 fully saturated rings. The van der Waals surface area contributed by atoms with Gasteiger partial charge in [-0.3, -0.25) is 4.79 Å². The lowest BCUT2D eigenvalue weighted by Crippen LogP contribution is -2.06. The first-order valence-electron chi connectivity index (χ1n) is 8.04. The molecule has 1 aliphatic carbocycles. The molecule has 0 aliphatic heterocycles. The van der Waals surface area contributed by atoms with E-state index >= 15 is 0 Å². The van der Waals surface area contributed by atoms with E-state index in [2.05, 4.69) is 15.0 Å². The van der Waals surface area contributed by atoms with Gasteiger partial charge in [-0.25, -0.2) is 4.98 Å². The van der Waals surface area contributed by atoms with Crippen molar-refractivity contribution in [1.82, 2.24) is 15.0 Å². The van der Waals surface area contributed by atoms with Crippen LogP contribution in [0.5, 0.6) is 5.75 Å². The maximum atomic E-state index is 12.6. The SMILES string of the molecule is CC1C(=O)/C(=C\c2c[nH]c3ccc([O-])cc23)C=C1/C=C/c1cnc[nH]1. The number of Topliss-reactive ketones (excluding diaryl/α,β-unsaturated/α-hetero) is 1. The minimum Gasteiger partial charge on any atom is -0.872 e. The molecule has 5 heteroatoms. The molecule has 2 aromatic heterocycles. The molecule has 1 aliphatic rings. The lowest BCUT2D eigenvalue weighted by molar-refractivity contribution is -0.268. The molecule has 3 aromatic rings. The number of carbonyl (C=O) groups excluding carboxylic acids is 1. The number of benzene rings is 1. The van der Waals surface area contributed by atoms with E-state index in [4.69, 9.17) is 0 Å². The summed E-state index contributed by atoms with van der Waals surface area (Å²) in [5, 5.41) is 12.4. The quantitative estimate of drug-likeness (QED) is 0.723. The van der Waals surface area contributed by atoms with Crippen molar-refractivity contribution < 1.29 is 9.90 Å². The number of ketones is 1. The summed E-state index contributed by atoms with van der Waals surface area (Å²) in [5.41, 5.74) is 4.22. The zero-order chi connectivity index (χ0) is 17.4. The number of H-pyrrole nitrogens is 2. The van der Waals surface area contributed by atoms with Crippen LogP contribution < -0.4 is 5.11 Å². The van der Waals surface area contributed by atoms with E-state index < -0.39 is 0 Å². The number of rotatable bonds is 3. The number of aromatic nitrogens is 3. The first kappa shape index (κ1) is 15.2. The van der Waals surface area contributed by atoms with E-state index in [0.29, 0.717) is 5.57 Å². The summed E-state index contributed by atoms with van der Waals surface area (Å²) in [4.78, 5) is 22.7. The van der Waals surface area contributed by atoms with E-state index in [-0.39, 0.29) is 17.5 Å². The minimum absolute atomic E-state index is 0.0448. The van der Waals surface area contributed by atoms with Gasteiger partial charge >= 0.3 is 0 Å². The summed E-state index contributed by atoms with van der Waals surface area (Å²) in [6, 6.07) is 4.87. The summed E-state index contributed by atoms with van der Waals surface area (Å²) in [7, 11) is 0. The zero-order valence-electron chi connectivity index (χ0n) is 13.6. The third-order valence-corrected chi connectivity index (χ3v) is 4.47. The molecule has 0 amide bonds. The lowest BCUT2D eigenvalue weighted by Gasteiger charge is -2.04. The molecule has 2 heterocycles. The van der Waals surface area contributed by atoms with Gasteiger partial charge in [0.1, 0.15) is 0 Å². The number of aromatic amines is 2. The molecule has 124 valence electrons. The molecular formula is C20H16N3O2-. The fourth-order valence-corrected chi connectivity index (χ4v) is 3.03. The van der Waals surface area contributed by atoms with Crippen LogP contribution in [0.1, 0.15) is 18.2 Å². The molecule has 2 N–H and O–H groups in total. The van der Waals surface area contributed by atoms with Crippen LogP contribution in [-0.4, -0.2) is 20.7 Å². The van der Waals surface area contributed by atoms with Crippen LogP contribution in [0.15, 0.2) is 60.2 Å². The topological polar surface area (TPSA) is 84.6 Å². The first-order chi connectivity index (χ1) is 12.1. The number of nitrogens with zero attached hydrogens (tertiary/aromatic N) is 1. The Morgan fingerprint density at radius 1 is 1.24 bits per heavy atom. The minimum atomic E-state index is -0.189. The van der Waals surface area contributed by atoms with Crippen LogP contribution in [0, 0.1) is 5.92 Å². The smallest absolute Gasteiger partial charge is 0.170 e. The van der Waals surface area contributed by atoms with Crippen molar-refractivity contribution >= 4 is 28.8 Å². The van der Waals surface area contributed by atoms with E-state index in [0.717, 1.165) is 27.7 Å². The number of allylic oxidation sites excluding steroid dienone is 4. The Kier molecular flexibility index (Phi) is 3.61. The van der Waals surface area contributed by atoms with Crippen LogP contribution in [-0.2, 0) is 4.79 Å². The lowest BCUT2D eigenvalue weighted by atomic mass is 10.0. The van der Waals surface area contributed by atoms with Gasteiger partial charge in [-0.05, 0) is 29.9 Å². The van der Waals surface area contributed by atoms with Crippen LogP contribution in [0.4, 0.5) is 0 Å². The van der Waals surface area contributed by atoms with E-state index in [9.17, 15) is 9.90 Å². The molecule has 0 bridgehead atoms. The van der Waals surface area contributed by atoms with Crippen molar-refractivity contribution in [1.29, 1.82) is 0 Å². The van der Waals surface area contributed by atoms with Crippen molar-refractivity contribution in [3.8, 4) is 5.75 Å². The molecule has 0 radical (unpaired) electrons. The number of hydrogen-bond acceptors (Lipinski definition) is 3. The van der Waals surface area contributed by atoms with E-state index in [1.807, 2.05) is 37.4 Å². The maximum Gasteiger partial charge on any atom is 0.170 e. The predicted molar refractivity (Wildman–Crippen MR) is 95.6 cm³/mol. The molecule has 1 atom stereocenters. The van der Waals surface area contributed by atoms with Crippen LogP contribution in [0.3, 0.4) is 0 Å². The van der Waals surface area contributed by atoms with E-state index in [1.165, 1.54) is 6.07 Å². The average molecular weight is 330 g/mol. The molecule has 0 saturated carbocycles. The van der Waals surface area contributed by atoms with Crippen molar-refractivity contribution in [2.24, 2.45) is 5.92 Å². The Morgan fingerprint density at radius 3 is 2.92 bits per heavy atom. The normalized spacial score (nSPS) is 19.4. The summed E-state index contributed by atoms with van der Waals surface area (Å²) in [5.74, 6) is -0.154. The van der Waals surface area contributed by atoms with Gasteiger partial charge in [0.25, 0.3) is 0 Å². The number of hydrogen-bond donors (Lipinski definition) is 2. The standard InChI is InChI=1S/C20H17N3O2/c1-12-13(2-3-16-10-21-11-23-16)6-14(20(12)25)7-15-9-22-19-5-4-17(24)8-18(15)19/h2-12,22,24H,1H3,(H,21,23)/p-1/b3-2+,14-7-. The van der Waals surface area contributed by atoms with Crippen molar-refractivity contribution in [2.45, 2.75) is 6.92 Å². The zero-order valence-corrected chi connectivity index (χ0v) is 13.6. The summed E-state index contributed by atoms with van der Waals surface area (Å²) >= 11 is 0. The molecule has 0 spiro atoms. The largest absolute Gasteiger partial charge is 0.872 e.